The number of piperidine rings is 1. The molecule has 7 nitrogen and oxygen atoms in total. The highest BCUT2D eigenvalue weighted by Gasteiger charge is 2.30. The van der Waals surface area contributed by atoms with Crippen LogP contribution >= 0.6 is 11.3 Å². The Hall–Kier alpha value is -3.36. The first kappa shape index (κ1) is 19.0. The van der Waals surface area contributed by atoms with Crippen molar-refractivity contribution in [3.8, 4) is 16.3 Å². The van der Waals surface area contributed by atoms with Crippen molar-refractivity contribution in [3.63, 3.8) is 0 Å². The number of nitrogens with zero attached hydrogens (tertiary/aromatic N) is 4. The van der Waals surface area contributed by atoms with Gasteiger partial charge in [-0.2, -0.15) is 0 Å². The summed E-state index contributed by atoms with van der Waals surface area (Å²) >= 11 is 1.03. The average molecular weight is 477 g/mol. The molecule has 1 amide bonds. The normalized spacial score (nSPS) is 17.6. The summed E-state index contributed by atoms with van der Waals surface area (Å²) < 4.78 is 28.1. The molecule has 5 rings (SSSR count). The Bertz CT molecular complexity index is 1430. The van der Waals surface area contributed by atoms with Crippen molar-refractivity contribution < 1.29 is 13.6 Å². The van der Waals surface area contributed by atoms with Crippen molar-refractivity contribution >= 4 is 33.8 Å². The van der Waals surface area contributed by atoms with E-state index in [1.54, 1.807) is 37.6 Å². The largest absolute Gasteiger partial charge is 0.497 e. The van der Waals surface area contributed by atoms with Gasteiger partial charge in [0.1, 0.15) is 21.6 Å². The zero-order valence-corrected chi connectivity index (χ0v) is 19.9. The number of nitrogens with one attached hydrogen (secondary N) is 1. The van der Waals surface area contributed by atoms with E-state index >= 15 is 0 Å². The maximum atomic E-state index is 14.0. The molecule has 1 N–H and O–H groups in total. The van der Waals surface area contributed by atoms with Crippen molar-refractivity contribution in [1.82, 2.24) is 20.5 Å². The number of hydrogen-bond acceptors (Lipinski definition) is 7. The summed E-state index contributed by atoms with van der Waals surface area (Å²) in [7, 11) is 1.64. The van der Waals surface area contributed by atoms with E-state index in [9.17, 15) is 4.79 Å². The van der Waals surface area contributed by atoms with Gasteiger partial charge in [0, 0.05) is 33.4 Å². The van der Waals surface area contributed by atoms with Crippen molar-refractivity contribution in [2.75, 3.05) is 25.1 Å². The lowest BCUT2D eigenvalue weighted by atomic mass is 10.0. The number of anilines is 1. The van der Waals surface area contributed by atoms with Gasteiger partial charge in [-0.15, -0.1) is 10.2 Å². The summed E-state index contributed by atoms with van der Waals surface area (Å²) in [5, 5.41) is 13.6. The summed E-state index contributed by atoms with van der Waals surface area (Å²) in [6, 6.07) is 12.9. The SMILES string of the molecule is [2H]C([2H])([2H])c1nnc(-c2ccc(C(=O)N(c3nccc4cc(OC)cc(C)c34)[C@@H]3CCCNC3)cc2)s1. The Balaban J connectivity index is 1.53. The Kier molecular flexibility index (Phi) is 5.30. The number of hydrogen-bond donors (Lipinski definition) is 1. The molecule has 0 aliphatic carbocycles. The van der Waals surface area contributed by atoms with Gasteiger partial charge in [0.15, 0.2) is 0 Å². The van der Waals surface area contributed by atoms with Crippen LogP contribution in [0.15, 0.2) is 48.7 Å². The first-order valence-corrected chi connectivity index (χ1v) is 12.0. The van der Waals surface area contributed by atoms with Crippen molar-refractivity contribution in [3.05, 3.63) is 64.8 Å². The smallest absolute Gasteiger partial charge is 0.259 e. The molecule has 1 atom stereocenters. The molecule has 2 aromatic heterocycles. The minimum atomic E-state index is -2.30. The van der Waals surface area contributed by atoms with E-state index in [2.05, 4.69) is 15.5 Å². The van der Waals surface area contributed by atoms with Gasteiger partial charge >= 0.3 is 0 Å². The second-order valence-electron chi connectivity index (χ2n) is 8.34. The summed E-state index contributed by atoms with van der Waals surface area (Å²) in [6.45, 7) is 1.31. The number of amides is 1. The van der Waals surface area contributed by atoms with Crippen LogP contribution in [-0.2, 0) is 0 Å². The molecule has 3 heterocycles. The van der Waals surface area contributed by atoms with Crippen molar-refractivity contribution in [2.24, 2.45) is 0 Å². The molecule has 2 aromatic carbocycles. The second kappa shape index (κ2) is 9.48. The molecule has 4 aromatic rings. The number of methoxy groups -OCH3 is 1. The molecule has 1 fully saturated rings. The van der Waals surface area contributed by atoms with Gasteiger partial charge in [-0.05, 0) is 74.4 Å². The molecule has 0 spiro atoms. The first-order chi connectivity index (χ1) is 17.8. The molecule has 34 heavy (non-hydrogen) atoms. The lowest BCUT2D eigenvalue weighted by Gasteiger charge is -2.35. The van der Waals surface area contributed by atoms with Gasteiger partial charge < -0.3 is 10.1 Å². The van der Waals surface area contributed by atoms with E-state index in [-0.39, 0.29) is 17.0 Å². The van der Waals surface area contributed by atoms with Gasteiger partial charge in [0.25, 0.3) is 5.91 Å². The van der Waals surface area contributed by atoms with Crippen LogP contribution in [0, 0.1) is 13.8 Å². The predicted molar refractivity (Wildman–Crippen MR) is 136 cm³/mol. The van der Waals surface area contributed by atoms with Crippen LogP contribution in [0.4, 0.5) is 5.82 Å². The van der Waals surface area contributed by atoms with Crippen LogP contribution in [-0.4, -0.2) is 47.3 Å². The lowest BCUT2D eigenvalue weighted by molar-refractivity contribution is 0.0972. The molecule has 0 radical (unpaired) electrons. The van der Waals surface area contributed by atoms with Crippen LogP contribution < -0.4 is 15.0 Å². The third-order valence-corrected chi connectivity index (χ3v) is 6.92. The third kappa shape index (κ3) is 4.26. The molecule has 1 saturated heterocycles. The third-order valence-electron chi connectivity index (χ3n) is 6.14. The maximum Gasteiger partial charge on any atom is 0.259 e. The van der Waals surface area contributed by atoms with Gasteiger partial charge in [0.05, 0.1) is 13.2 Å². The number of aryl methyl sites for hydroxylation is 2. The van der Waals surface area contributed by atoms with Gasteiger partial charge in [0.2, 0.25) is 0 Å². The summed E-state index contributed by atoms with van der Waals surface area (Å²) in [4.78, 5) is 20.6. The quantitative estimate of drug-likeness (QED) is 0.447. The lowest BCUT2D eigenvalue weighted by Crippen LogP contribution is -2.49. The maximum absolute atomic E-state index is 14.0. The monoisotopic (exact) mass is 476 g/mol. The van der Waals surface area contributed by atoms with Gasteiger partial charge in [-0.3, -0.25) is 9.69 Å². The molecular formula is C26H27N5O2S. The van der Waals surface area contributed by atoms with Gasteiger partial charge in [-0.25, -0.2) is 4.98 Å². The Morgan fingerprint density at radius 1 is 1.24 bits per heavy atom. The van der Waals surface area contributed by atoms with Crippen LogP contribution in [0.3, 0.4) is 0 Å². The van der Waals surface area contributed by atoms with Crippen molar-refractivity contribution in [1.29, 1.82) is 0 Å². The van der Waals surface area contributed by atoms with Crippen LogP contribution in [0.1, 0.15) is 37.9 Å². The molecule has 0 bridgehead atoms. The Labute approximate surface area is 207 Å². The van der Waals surface area contributed by atoms with E-state index in [0.717, 1.165) is 52.8 Å². The van der Waals surface area contributed by atoms with Gasteiger partial charge in [-0.1, -0.05) is 23.5 Å². The fourth-order valence-corrected chi connectivity index (χ4v) is 5.09. The zero-order valence-electron chi connectivity index (χ0n) is 22.0. The number of benzene rings is 2. The van der Waals surface area contributed by atoms with Crippen LogP contribution in [0.2, 0.25) is 0 Å². The minimum Gasteiger partial charge on any atom is -0.497 e. The number of fused-ring (bicyclic) bond motifs is 1. The number of aromatic nitrogens is 3. The van der Waals surface area contributed by atoms with E-state index in [0.29, 0.717) is 28.5 Å². The highest BCUT2D eigenvalue weighted by atomic mass is 32.1. The Morgan fingerprint density at radius 3 is 2.79 bits per heavy atom. The highest BCUT2D eigenvalue weighted by molar-refractivity contribution is 7.14. The summed E-state index contributed by atoms with van der Waals surface area (Å²) in [5.41, 5.74) is 2.21. The number of carbonyl (C=O) groups is 1. The predicted octanol–water partition coefficient (Wildman–Crippen LogP) is 4.78. The van der Waals surface area contributed by atoms with E-state index in [1.165, 1.54) is 0 Å². The number of pyridine rings is 1. The minimum absolute atomic E-state index is 0.00680. The average Bonchev–Trinajstić information content (AvgIpc) is 3.41. The molecule has 8 heteroatoms. The fraction of sp³-hybridized carbons (Fsp3) is 0.308. The van der Waals surface area contributed by atoms with E-state index in [1.807, 2.05) is 30.0 Å². The van der Waals surface area contributed by atoms with Crippen LogP contribution in [0.5, 0.6) is 5.75 Å². The van der Waals surface area contributed by atoms with E-state index in [4.69, 9.17) is 13.8 Å². The Morgan fingerprint density at radius 2 is 2.09 bits per heavy atom. The van der Waals surface area contributed by atoms with E-state index < -0.39 is 6.85 Å². The highest BCUT2D eigenvalue weighted by Crippen LogP contribution is 2.34. The summed E-state index contributed by atoms with van der Waals surface area (Å²) in [5.74, 6) is 1.25. The van der Waals surface area contributed by atoms with Crippen LogP contribution in [0.25, 0.3) is 21.3 Å². The topological polar surface area (TPSA) is 80.2 Å². The standard InChI is InChI=1S/C26H27N5O2S/c1-16-13-22(33-3)14-20-10-12-28-24(23(16)20)31(21-5-4-11-27-15-21)26(32)19-8-6-18(7-9-19)25-30-29-17(2)34-25/h6-10,12-14,21,27H,4-5,11,15H2,1-3H3/t21-/m1/s1/i2D3. The molecule has 174 valence electrons. The first-order valence-electron chi connectivity index (χ1n) is 12.7. The molecule has 1 aliphatic rings. The number of carbonyl (C=O) groups excluding carboxylic acids is 1. The zero-order chi connectivity index (χ0) is 26.2. The number of ether oxygens (including phenoxy) is 1. The molecule has 1 aliphatic heterocycles. The second-order valence-corrected chi connectivity index (χ2v) is 9.32. The number of rotatable bonds is 5. The fourth-order valence-electron chi connectivity index (χ4n) is 4.49. The molecule has 0 saturated carbocycles. The molecular weight excluding hydrogens is 446 g/mol. The van der Waals surface area contributed by atoms with Crippen molar-refractivity contribution in [2.45, 2.75) is 32.7 Å². The summed E-state index contributed by atoms with van der Waals surface area (Å²) in [6.07, 6.45) is 3.56. The molecule has 0 unspecified atom stereocenters.